The van der Waals surface area contributed by atoms with Gasteiger partial charge in [-0.2, -0.15) is 5.10 Å². The van der Waals surface area contributed by atoms with Crippen molar-refractivity contribution in [3.63, 3.8) is 0 Å². The number of hydrogen-bond acceptors (Lipinski definition) is 4. The Kier molecular flexibility index (Phi) is 2.40. The van der Waals surface area contributed by atoms with E-state index in [2.05, 4.69) is 15.1 Å². The Morgan fingerprint density at radius 2 is 2.29 bits per heavy atom. The van der Waals surface area contributed by atoms with Gasteiger partial charge in [0.05, 0.1) is 5.69 Å². The Morgan fingerprint density at radius 3 is 3.00 bits per heavy atom. The standard InChI is InChI=1S/C12H15N5/c1-17-12(15-11(16-17)8-2-3-8)9-4-5-14-10(6-9)7-13/h4-6,8H,2-3,7,13H2,1H3. The zero-order valence-corrected chi connectivity index (χ0v) is 9.80. The third-order valence-corrected chi connectivity index (χ3v) is 3.01. The molecule has 1 saturated carbocycles. The molecule has 0 saturated heterocycles. The van der Waals surface area contributed by atoms with E-state index in [1.165, 1.54) is 12.8 Å². The highest BCUT2D eigenvalue weighted by atomic mass is 15.3. The van der Waals surface area contributed by atoms with Crippen LogP contribution in [-0.4, -0.2) is 19.7 Å². The first-order valence-corrected chi connectivity index (χ1v) is 5.84. The Morgan fingerprint density at radius 1 is 1.47 bits per heavy atom. The second-order valence-corrected chi connectivity index (χ2v) is 4.43. The number of hydrogen-bond donors (Lipinski definition) is 1. The van der Waals surface area contributed by atoms with Gasteiger partial charge in [0.1, 0.15) is 0 Å². The summed E-state index contributed by atoms with van der Waals surface area (Å²) >= 11 is 0. The molecule has 2 heterocycles. The molecule has 17 heavy (non-hydrogen) atoms. The van der Waals surface area contributed by atoms with E-state index in [9.17, 15) is 0 Å². The average molecular weight is 229 g/mol. The van der Waals surface area contributed by atoms with E-state index in [0.717, 1.165) is 22.9 Å². The Bertz CT molecular complexity index is 542. The highest BCUT2D eigenvalue weighted by Crippen LogP contribution is 2.38. The minimum atomic E-state index is 0.446. The van der Waals surface area contributed by atoms with Crippen molar-refractivity contribution in [3.8, 4) is 11.4 Å². The number of pyridine rings is 1. The van der Waals surface area contributed by atoms with Gasteiger partial charge in [-0.3, -0.25) is 4.98 Å². The van der Waals surface area contributed by atoms with Gasteiger partial charge < -0.3 is 5.73 Å². The van der Waals surface area contributed by atoms with Gasteiger partial charge in [-0.15, -0.1) is 0 Å². The van der Waals surface area contributed by atoms with Gasteiger partial charge in [0, 0.05) is 31.3 Å². The molecule has 0 aliphatic heterocycles. The van der Waals surface area contributed by atoms with Crippen molar-refractivity contribution in [2.45, 2.75) is 25.3 Å². The van der Waals surface area contributed by atoms with Crippen LogP contribution in [0.1, 0.15) is 30.3 Å². The second-order valence-electron chi connectivity index (χ2n) is 4.43. The molecule has 0 aromatic carbocycles. The molecular weight excluding hydrogens is 214 g/mol. The first kappa shape index (κ1) is 10.4. The minimum absolute atomic E-state index is 0.446. The molecular formula is C12H15N5. The maximum atomic E-state index is 5.59. The summed E-state index contributed by atoms with van der Waals surface area (Å²) in [5.41, 5.74) is 7.50. The average Bonchev–Trinajstić information content (AvgIpc) is 3.13. The predicted molar refractivity (Wildman–Crippen MR) is 64.1 cm³/mol. The zero-order chi connectivity index (χ0) is 11.8. The van der Waals surface area contributed by atoms with Crippen LogP contribution in [0.5, 0.6) is 0 Å². The van der Waals surface area contributed by atoms with E-state index in [-0.39, 0.29) is 0 Å². The van der Waals surface area contributed by atoms with E-state index < -0.39 is 0 Å². The minimum Gasteiger partial charge on any atom is -0.325 e. The molecule has 0 bridgehead atoms. The quantitative estimate of drug-likeness (QED) is 0.859. The summed E-state index contributed by atoms with van der Waals surface area (Å²) in [6, 6.07) is 3.92. The fourth-order valence-corrected chi connectivity index (χ4v) is 1.90. The van der Waals surface area contributed by atoms with Crippen molar-refractivity contribution in [2.24, 2.45) is 12.8 Å². The van der Waals surface area contributed by atoms with Crippen LogP contribution < -0.4 is 5.73 Å². The van der Waals surface area contributed by atoms with Gasteiger partial charge >= 0.3 is 0 Å². The third-order valence-electron chi connectivity index (χ3n) is 3.01. The van der Waals surface area contributed by atoms with Crippen molar-refractivity contribution in [1.29, 1.82) is 0 Å². The predicted octanol–water partition coefficient (Wildman–Crippen LogP) is 1.21. The summed E-state index contributed by atoms with van der Waals surface area (Å²) in [4.78, 5) is 8.79. The summed E-state index contributed by atoms with van der Waals surface area (Å²) < 4.78 is 1.84. The van der Waals surface area contributed by atoms with E-state index in [0.29, 0.717) is 12.5 Å². The van der Waals surface area contributed by atoms with Gasteiger partial charge in [0.15, 0.2) is 11.6 Å². The normalized spacial score (nSPS) is 15.2. The second kappa shape index (κ2) is 3.92. The summed E-state index contributed by atoms with van der Waals surface area (Å²) in [6.07, 6.45) is 4.20. The number of aromatic nitrogens is 4. The summed E-state index contributed by atoms with van der Waals surface area (Å²) in [6.45, 7) is 0.446. The van der Waals surface area contributed by atoms with Gasteiger partial charge in [-0.05, 0) is 25.0 Å². The van der Waals surface area contributed by atoms with E-state index in [1.54, 1.807) is 6.20 Å². The van der Waals surface area contributed by atoms with Crippen LogP contribution >= 0.6 is 0 Å². The first-order chi connectivity index (χ1) is 8.28. The Balaban J connectivity index is 2.01. The van der Waals surface area contributed by atoms with Crippen LogP contribution in [0.2, 0.25) is 0 Å². The molecule has 0 spiro atoms. The molecule has 3 rings (SSSR count). The van der Waals surface area contributed by atoms with Crippen LogP contribution in [0, 0.1) is 0 Å². The lowest BCUT2D eigenvalue weighted by molar-refractivity contribution is 0.750. The molecule has 0 atom stereocenters. The van der Waals surface area contributed by atoms with E-state index in [4.69, 9.17) is 5.73 Å². The maximum Gasteiger partial charge on any atom is 0.158 e. The summed E-state index contributed by atoms with van der Waals surface area (Å²) in [5.74, 6) is 2.43. The third kappa shape index (κ3) is 1.93. The van der Waals surface area contributed by atoms with Gasteiger partial charge in [-0.25, -0.2) is 9.67 Å². The van der Waals surface area contributed by atoms with Gasteiger partial charge in [0.25, 0.3) is 0 Å². The van der Waals surface area contributed by atoms with Crippen molar-refractivity contribution >= 4 is 0 Å². The van der Waals surface area contributed by atoms with Crippen molar-refractivity contribution in [1.82, 2.24) is 19.7 Å². The molecule has 5 nitrogen and oxygen atoms in total. The van der Waals surface area contributed by atoms with Crippen LogP contribution in [0.4, 0.5) is 0 Å². The largest absolute Gasteiger partial charge is 0.325 e. The highest BCUT2D eigenvalue weighted by Gasteiger charge is 2.28. The lowest BCUT2D eigenvalue weighted by Gasteiger charge is -2.01. The Hall–Kier alpha value is -1.75. The summed E-state index contributed by atoms with van der Waals surface area (Å²) in [7, 11) is 1.93. The van der Waals surface area contributed by atoms with Crippen LogP contribution in [-0.2, 0) is 13.6 Å². The van der Waals surface area contributed by atoms with E-state index in [1.807, 2.05) is 23.9 Å². The number of nitrogens with two attached hydrogens (primary N) is 1. The molecule has 2 N–H and O–H groups in total. The van der Waals surface area contributed by atoms with Gasteiger partial charge in [-0.1, -0.05) is 0 Å². The molecule has 2 aromatic rings. The van der Waals surface area contributed by atoms with Crippen molar-refractivity contribution < 1.29 is 0 Å². The lowest BCUT2D eigenvalue weighted by Crippen LogP contribution is -2.00. The van der Waals surface area contributed by atoms with Crippen LogP contribution in [0.3, 0.4) is 0 Å². The van der Waals surface area contributed by atoms with Crippen LogP contribution in [0.15, 0.2) is 18.3 Å². The lowest BCUT2D eigenvalue weighted by atomic mass is 10.2. The summed E-state index contributed by atoms with van der Waals surface area (Å²) in [5, 5.41) is 4.46. The Labute approximate surface area is 99.7 Å². The molecule has 0 unspecified atom stereocenters. The number of nitrogens with zero attached hydrogens (tertiary/aromatic N) is 4. The topological polar surface area (TPSA) is 69.6 Å². The molecule has 1 fully saturated rings. The van der Waals surface area contributed by atoms with Crippen LogP contribution in [0.25, 0.3) is 11.4 Å². The fourth-order valence-electron chi connectivity index (χ4n) is 1.90. The molecule has 0 radical (unpaired) electrons. The van der Waals surface area contributed by atoms with Crippen molar-refractivity contribution in [2.75, 3.05) is 0 Å². The van der Waals surface area contributed by atoms with E-state index >= 15 is 0 Å². The smallest absolute Gasteiger partial charge is 0.158 e. The van der Waals surface area contributed by atoms with Gasteiger partial charge in [0.2, 0.25) is 0 Å². The SMILES string of the molecule is Cn1nc(C2CC2)nc1-c1ccnc(CN)c1. The molecule has 1 aliphatic rings. The molecule has 1 aliphatic carbocycles. The monoisotopic (exact) mass is 229 g/mol. The first-order valence-electron chi connectivity index (χ1n) is 5.84. The highest BCUT2D eigenvalue weighted by molar-refractivity contribution is 5.55. The number of aryl methyl sites for hydroxylation is 1. The molecule has 0 amide bonds. The fraction of sp³-hybridized carbons (Fsp3) is 0.417. The zero-order valence-electron chi connectivity index (χ0n) is 9.80. The molecule has 2 aromatic heterocycles. The van der Waals surface area contributed by atoms with Crippen molar-refractivity contribution in [3.05, 3.63) is 29.8 Å². The number of rotatable bonds is 3. The maximum absolute atomic E-state index is 5.59. The molecule has 5 heteroatoms. The molecule has 88 valence electrons.